The first kappa shape index (κ1) is 17.2. The fourth-order valence-corrected chi connectivity index (χ4v) is 4.18. The van der Waals surface area contributed by atoms with Gasteiger partial charge in [0.2, 0.25) is 5.43 Å². The van der Waals surface area contributed by atoms with Crippen LogP contribution in [0.3, 0.4) is 0 Å². The number of fused-ring (bicyclic) bond motifs is 1. The van der Waals surface area contributed by atoms with Gasteiger partial charge in [0.05, 0.1) is 23.2 Å². The van der Waals surface area contributed by atoms with Crippen LogP contribution in [0.1, 0.15) is 35.7 Å². The predicted molar refractivity (Wildman–Crippen MR) is 103 cm³/mol. The number of nitrogens with one attached hydrogen (secondary N) is 1. The molecule has 1 spiro atoms. The van der Waals surface area contributed by atoms with Gasteiger partial charge in [0.15, 0.2) is 0 Å². The number of oxime groups is 1. The van der Waals surface area contributed by atoms with Gasteiger partial charge in [-0.15, -0.1) is 0 Å². The summed E-state index contributed by atoms with van der Waals surface area (Å²) in [5.74, 6) is -0.456. The van der Waals surface area contributed by atoms with Crippen LogP contribution in [0.25, 0.3) is 11.0 Å². The molecule has 2 N–H and O–H groups in total. The van der Waals surface area contributed by atoms with E-state index in [-0.39, 0.29) is 17.1 Å². The molecule has 146 valence electrons. The van der Waals surface area contributed by atoms with Crippen LogP contribution in [0.2, 0.25) is 0 Å². The number of aromatic nitrogens is 2. The molecule has 3 aliphatic rings. The van der Waals surface area contributed by atoms with Crippen LogP contribution in [0.15, 0.2) is 28.3 Å². The number of carboxylic acid groups (broad SMARTS) is 1. The third-order valence-electron chi connectivity index (χ3n) is 5.93. The Morgan fingerprint density at radius 1 is 1.43 bits per heavy atom. The van der Waals surface area contributed by atoms with Gasteiger partial charge >= 0.3 is 5.97 Å². The first-order chi connectivity index (χ1) is 13.5. The average Bonchev–Trinajstić information content (AvgIpc) is 3.41. The van der Waals surface area contributed by atoms with E-state index in [4.69, 9.17) is 9.82 Å². The number of carbonyl (C=O) groups is 1. The van der Waals surface area contributed by atoms with Crippen molar-refractivity contribution in [1.82, 2.24) is 14.9 Å². The summed E-state index contributed by atoms with van der Waals surface area (Å²) in [6, 6.07) is 3.68. The summed E-state index contributed by atoms with van der Waals surface area (Å²) >= 11 is 0. The minimum Gasteiger partial charge on any atom is -0.477 e. The predicted octanol–water partition coefficient (Wildman–Crippen LogP) is 0.984. The van der Waals surface area contributed by atoms with Crippen molar-refractivity contribution >= 4 is 28.5 Å². The van der Waals surface area contributed by atoms with Crippen LogP contribution in [-0.4, -0.2) is 58.6 Å². The molecule has 0 aromatic carbocycles. The maximum Gasteiger partial charge on any atom is 0.341 e. The summed E-state index contributed by atoms with van der Waals surface area (Å²) in [4.78, 5) is 36.0. The Labute approximate surface area is 160 Å². The number of nitrogens with zero attached hydrogens (tertiary/aromatic N) is 4. The van der Waals surface area contributed by atoms with E-state index in [1.54, 1.807) is 19.2 Å². The molecular formula is C19H21N5O4. The first-order valence-corrected chi connectivity index (χ1v) is 9.42. The van der Waals surface area contributed by atoms with Crippen molar-refractivity contribution in [3.8, 4) is 0 Å². The Hall–Kier alpha value is -2.94. The molecule has 2 aromatic heterocycles. The third kappa shape index (κ3) is 2.50. The van der Waals surface area contributed by atoms with E-state index in [0.717, 1.165) is 43.9 Å². The average molecular weight is 383 g/mol. The smallest absolute Gasteiger partial charge is 0.341 e. The zero-order valence-corrected chi connectivity index (χ0v) is 15.5. The Kier molecular flexibility index (Phi) is 3.70. The number of rotatable bonds is 4. The molecule has 4 heterocycles. The van der Waals surface area contributed by atoms with Gasteiger partial charge in [0.1, 0.15) is 24.1 Å². The molecular weight excluding hydrogens is 362 g/mol. The summed E-state index contributed by atoms with van der Waals surface area (Å²) in [7, 11) is 1.55. The molecule has 0 bridgehead atoms. The molecule has 1 aliphatic carbocycles. The molecule has 5 rings (SSSR count). The molecule has 1 unspecified atom stereocenters. The highest BCUT2D eigenvalue weighted by Gasteiger charge is 2.49. The van der Waals surface area contributed by atoms with Crippen molar-refractivity contribution in [3.05, 3.63) is 34.1 Å². The number of pyridine rings is 2. The molecule has 9 heteroatoms. The van der Waals surface area contributed by atoms with E-state index in [0.29, 0.717) is 17.6 Å². The lowest BCUT2D eigenvalue weighted by atomic mass is 9.85. The zero-order chi connectivity index (χ0) is 19.5. The van der Waals surface area contributed by atoms with Crippen LogP contribution in [0.4, 0.5) is 5.82 Å². The van der Waals surface area contributed by atoms with Gasteiger partial charge in [0.25, 0.3) is 0 Å². The maximum atomic E-state index is 12.6. The molecule has 2 saturated heterocycles. The van der Waals surface area contributed by atoms with E-state index in [1.807, 2.05) is 4.57 Å². The third-order valence-corrected chi connectivity index (χ3v) is 5.93. The number of carboxylic acids is 1. The summed E-state index contributed by atoms with van der Waals surface area (Å²) in [5.41, 5.74) is 0.628. The zero-order valence-electron chi connectivity index (χ0n) is 15.5. The highest BCUT2D eigenvalue weighted by atomic mass is 16.6. The SMILES string of the molecule is CO/N=C1/CN(c2ccc3c(=O)c(C(=O)O)cn(C4CC4)c3n2)CC12CCN2. The summed E-state index contributed by atoms with van der Waals surface area (Å²) in [5, 5.41) is 17.4. The standard InChI is InChI=1S/C19H21N5O4/c1-28-22-14-9-23(10-19(14)6-7-20-19)15-5-4-12-16(25)13(18(26)27)8-24(11-2-3-11)17(12)21-15/h4-5,8,11,20H,2-3,6-7,9-10H2,1H3,(H,26,27)/b22-14-. The van der Waals surface area contributed by atoms with Gasteiger partial charge in [-0.3, -0.25) is 4.79 Å². The second kappa shape index (κ2) is 6.03. The molecule has 0 radical (unpaired) electrons. The Balaban J connectivity index is 1.60. The minimum absolute atomic E-state index is 0.171. The number of hydrogen-bond acceptors (Lipinski definition) is 7. The van der Waals surface area contributed by atoms with Crippen LogP contribution in [0, 0.1) is 0 Å². The Morgan fingerprint density at radius 2 is 2.21 bits per heavy atom. The van der Waals surface area contributed by atoms with E-state index in [2.05, 4.69) is 15.4 Å². The summed E-state index contributed by atoms with van der Waals surface area (Å²) in [6.45, 7) is 2.27. The monoisotopic (exact) mass is 383 g/mol. The van der Waals surface area contributed by atoms with Crippen molar-refractivity contribution in [2.75, 3.05) is 31.6 Å². The summed E-state index contributed by atoms with van der Waals surface area (Å²) < 4.78 is 1.85. The van der Waals surface area contributed by atoms with Gasteiger partial charge in [-0.05, 0) is 37.9 Å². The lowest BCUT2D eigenvalue weighted by Gasteiger charge is -2.39. The van der Waals surface area contributed by atoms with Crippen LogP contribution >= 0.6 is 0 Å². The minimum atomic E-state index is -1.21. The number of hydrogen-bond donors (Lipinski definition) is 2. The number of anilines is 1. The molecule has 2 aliphatic heterocycles. The fourth-order valence-electron chi connectivity index (χ4n) is 4.18. The normalized spacial score (nSPS) is 25.5. The van der Waals surface area contributed by atoms with Crippen molar-refractivity contribution < 1.29 is 14.7 Å². The van der Waals surface area contributed by atoms with E-state index >= 15 is 0 Å². The molecule has 9 nitrogen and oxygen atoms in total. The van der Waals surface area contributed by atoms with Gasteiger partial charge in [-0.25, -0.2) is 9.78 Å². The van der Waals surface area contributed by atoms with E-state index in [9.17, 15) is 14.7 Å². The second-order valence-electron chi connectivity index (χ2n) is 7.69. The largest absolute Gasteiger partial charge is 0.477 e. The van der Waals surface area contributed by atoms with Gasteiger partial charge in [-0.1, -0.05) is 5.16 Å². The van der Waals surface area contributed by atoms with E-state index in [1.165, 1.54) is 6.20 Å². The molecule has 28 heavy (non-hydrogen) atoms. The molecule has 1 saturated carbocycles. The van der Waals surface area contributed by atoms with Crippen molar-refractivity contribution in [2.24, 2.45) is 5.16 Å². The molecule has 2 aromatic rings. The quantitative estimate of drug-likeness (QED) is 0.758. The second-order valence-corrected chi connectivity index (χ2v) is 7.69. The summed E-state index contributed by atoms with van der Waals surface area (Å²) in [6.07, 6.45) is 4.36. The molecule has 1 atom stereocenters. The van der Waals surface area contributed by atoms with E-state index < -0.39 is 11.4 Å². The van der Waals surface area contributed by atoms with Crippen LogP contribution in [0.5, 0.6) is 0 Å². The molecule has 3 fully saturated rings. The van der Waals surface area contributed by atoms with Gasteiger partial charge in [0, 0.05) is 18.8 Å². The maximum absolute atomic E-state index is 12.6. The fraction of sp³-hybridized carbons (Fsp3) is 0.474. The lowest BCUT2D eigenvalue weighted by molar-refractivity contribution is 0.0695. The highest BCUT2D eigenvalue weighted by Crippen LogP contribution is 2.37. The Bertz CT molecular complexity index is 1070. The van der Waals surface area contributed by atoms with Crippen molar-refractivity contribution in [1.29, 1.82) is 0 Å². The lowest BCUT2D eigenvalue weighted by Crippen LogP contribution is -2.62. The number of aromatic carboxylic acids is 1. The van der Waals surface area contributed by atoms with Crippen LogP contribution in [-0.2, 0) is 4.84 Å². The van der Waals surface area contributed by atoms with Crippen molar-refractivity contribution in [2.45, 2.75) is 30.8 Å². The topological polar surface area (TPSA) is 109 Å². The van der Waals surface area contributed by atoms with Crippen LogP contribution < -0.4 is 15.6 Å². The highest BCUT2D eigenvalue weighted by molar-refractivity contribution is 6.01. The van der Waals surface area contributed by atoms with Gasteiger partial charge < -0.3 is 24.7 Å². The van der Waals surface area contributed by atoms with Crippen molar-refractivity contribution in [3.63, 3.8) is 0 Å². The molecule has 0 amide bonds. The Morgan fingerprint density at radius 3 is 2.82 bits per heavy atom. The first-order valence-electron chi connectivity index (χ1n) is 9.42. The van der Waals surface area contributed by atoms with Gasteiger partial charge in [-0.2, -0.15) is 0 Å².